The summed E-state index contributed by atoms with van der Waals surface area (Å²) in [5.74, 6) is -1.66. The summed E-state index contributed by atoms with van der Waals surface area (Å²) in [7, 11) is 0. The Labute approximate surface area is 97.9 Å². The number of aryl methyl sites for hydroxylation is 1. The Morgan fingerprint density at radius 2 is 2.18 bits per heavy atom. The molecule has 1 unspecified atom stereocenters. The van der Waals surface area contributed by atoms with Gasteiger partial charge in [0.05, 0.1) is 11.6 Å². The van der Waals surface area contributed by atoms with Crippen LogP contribution in [0.2, 0.25) is 0 Å². The Morgan fingerprint density at radius 3 is 2.71 bits per heavy atom. The number of carboxylic acid groups (broad SMARTS) is 2. The van der Waals surface area contributed by atoms with Gasteiger partial charge in [0.25, 0.3) is 0 Å². The van der Waals surface area contributed by atoms with Gasteiger partial charge in [0.1, 0.15) is 5.82 Å². The molecule has 0 saturated carbocycles. The van der Waals surface area contributed by atoms with Gasteiger partial charge < -0.3 is 14.8 Å². The molecule has 1 aliphatic rings. The first kappa shape index (κ1) is 11.6. The second-order valence-corrected chi connectivity index (χ2v) is 4.17. The lowest BCUT2D eigenvalue weighted by Gasteiger charge is -2.22. The van der Waals surface area contributed by atoms with Crippen molar-refractivity contribution in [3.05, 3.63) is 17.2 Å². The molecule has 1 aromatic heterocycles. The molecule has 92 valence electrons. The number of fused-ring (bicyclic) bond motifs is 1. The third-order valence-electron chi connectivity index (χ3n) is 3.15. The van der Waals surface area contributed by atoms with Crippen molar-refractivity contribution in [3.63, 3.8) is 0 Å². The summed E-state index contributed by atoms with van der Waals surface area (Å²) in [4.78, 5) is 26.1. The Hall–Kier alpha value is -1.85. The van der Waals surface area contributed by atoms with Gasteiger partial charge in [-0.15, -0.1) is 0 Å². The SMILES string of the molecule is CCc1nc(C(=O)O)c2n1CC(C(=O)O)CC2. The molecule has 17 heavy (non-hydrogen) atoms. The molecule has 0 aromatic carbocycles. The van der Waals surface area contributed by atoms with Crippen LogP contribution < -0.4 is 0 Å². The number of aromatic nitrogens is 2. The molecule has 1 aromatic rings. The normalized spacial score (nSPS) is 18.8. The summed E-state index contributed by atoms with van der Waals surface area (Å²) in [5.41, 5.74) is 0.734. The van der Waals surface area contributed by atoms with E-state index in [1.54, 1.807) is 4.57 Å². The van der Waals surface area contributed by atoms with Gasteiger partial charge in [0.2, 0.25) is 0 Å². The van der Waals surface area contributed by atoms with Crippen LogP contribution in [0.15, 0.2) is 0 Å². The first-order chi connectivity index (χ1) is 8.04. The molecule has 0 fully saturated rings. The zero-order chi connectivity index (χ0) is 12.6. The smallest absolute Gasteiger partial charge is 0.356 e. The van der Waals surface area contributed by atoms with Crippen molar-refractivity contribution < 1.29 is 19.8 Å². The van der Waals surface area contributed by atoms with E-state index in [1.807, 2.05) is 6.92 Å². The number of carbonyl (C=O) groups is 2. The maximum atomic E-state index is 11.0. The van der Waals surface area contributed by atoms with Gasteiger partial charge in [-0.2, -0.15) is 0 Å². The van der Waals surface area contributed by atoms with Crippen molar-refractivity contribution in [3.8, 4) is 0 Å². The Bertz CT molecular complexity index is 478. The van der Waals surface area contributed by atoms with E-state index >= 15 is 0 Å². The van der Waals surface area contributed by atoms with Crippen LogP contribution in [0.25, 0.3) is 0 Å². The van der Waals surface area contributed by atoms with Crippen LogP contribution in [0.3, 0.4) is 0 Å². The fourth-order valence-corrected chi connectivity index (χ4v) is 2.27. The summed E-state index contributed by atoms with van der Waals surface area (Å²) in [5, 5.41) is 18.0. The van der Waals surface area contributed by atoms with E-state index in [2.05, 4.69) is 4.98 Å². The number of rotatable bonds is 3. The van der Waals surface area contributed by atoms with E-state index in [-0.39, 0.29) is 5.69 Å². The maximum absolute atomic E-state index is 11.0. The summed E-state index contributed by atoms with van der Waals surface area (Å²) in [6, 6.07) is 0. The maximum Gasteiger partial charge on any atom is 0.356 e. The molecule has 2 rings (SSSR count). The van der Waals surface area contributed by atoms with Gasteiger partial charge in [-0.05, 0) is 12.8 Å². The van der Waals surface area contributed by atoms with Crippen LogP contribution in [-0.2, 0) is 24.2 Å². The average molecular weight is 238 g/mol. The highest BCUT2D eigenvalue weighted by molar-refractivity contribution is 5.87. The molecule has 1 atom stereocenters. The van der Waals surface area contributed by atoms with Crippen molar-refractivity contribution in [1.29, 1.82) is 0 Å². The van der Waals surface area contributed by atoms with E-state index in [0.717, 1.165) is 0 Å². The standard InChI is InChI=1S/C11H14N2O4/c1-2-8-12-9(11(16)17)7-4-3-6(10(14)15)5-13(7)8/h6H,2-5H2,1H3,(H,14,15)(H,16,17). The van der Waals surface area contributed by atoms with Crippen molar-refractivity contribution in [1.82, 2.24) is 9.55 Å². The van der Waals surface area contributed by atoms with Gasteiger partial charge in [-0.25, -0.2) is 9.78 Å². The number of nitrogens with zero attached hydrogens (tertiary/aromatic N) is 2. The van der Waals surface area contributed by atoms with Crippen molar-refractivity contribution in [2.24, 2.45) is 5.92 Å². The van der Waals surface area contributed by atoms with Crippen LogP contribution in [0, 0.1) is 5.92 Å². The molecule has 0 radical (unpaired) electrons. The fourth-order valence-electron chi connectivity index (χ4n) is 2.27. The minimum Gasteiger partial charge on any atom is -0.481 e. The molecule has 6 heteroatoms. The number of hydrogen-bond acceptors (Lipinski definition) is 3. The molecular formula is C11H14N2O4. The van der Waals surface area contributed by atoms with Crippen LogP contribution in [0.4, 0.5) is 0 Å². The van der Waals surface area contributed by atoms with Crippen molar-refractivity contribution in [2.75, 3.05) is 0 Å². The van der Waals surface area contributed by atoms with Gasteiger partial charge in [0.15, 0.2) is 5.69 Å². The third kappa shape index (κ3) is 1.90. The predicted molar refractivity (Wildman–Crippen MR) is 58.0 cm³/mol. The summed E-state index contributed by atoms with van der Waals surface area (Å²) < 4.78 is 1.76. The average Bonchev–Trinajstić information content (AvgIpc) is 2.66. The Morgan fingerprint density at radius 1 is 1.47 bits per heavy atom. The van der Waals surface area contributed by atoms with Crippen molar-refractivity contribution in [2.45, 2.75) is 32.7 Å². The number of aliphatic carboxylic acids is 1. The summed E-state index contributed by atoms with van der Waals surface area (Å²) >= 11 is 0. The first-order valence-corrected chi connectivity index (χ1v) is 5.59. The monoisotopic (exact) mass is 238 g/mol. The van der Waals surface area contributed by atoms with Crippen molar-refractivity contribution >= 4 is 11.9 Å². The predicted octanol–water partition coefficient (Wildman–Crippen LogP) is 0.791. The molecular weight excluding hydrogens is 224 g/mol. The zero-order valence-electron chi connectivity index (χ0n) is 9.51. The number of imidazole rings is 1. The largest absolute Gasteiger partial charge is 0.481 e. The molecule has 1 aliphatic heterocycles. The molecule has 6 nitrogen and oxygen atoms in total. The quantitative estimate of drug-likeness (QED) is 0.812. The lowest BCUT2D eigenvalue weighted by atomic mass is 9.97. The molecule has 0 spiro atoms. The van der Waals surface area contributed by atoms with Crippen LogP contribution in [-0.4, -0.2) is 31.7 Å². The topological polar surface area (TPSA) is 92.4 Å². The fraction of sp³-hybridized carbons (Fsp3) is 0.545. The number of aromatic carboxylic acids is 1. The molecule has 0 bridgehead atoms. The van der Waals surface area contributed by atoms with Gasteiger partial charge >= 0.3 is 11.9 Å². The Balaban J connectivity index is 2.43. The molecule has 0 aliphatic carbocycles. The van der Waals surface area contributed by atoms with Crippen LogP contribution in [0.5, 0.6) is 0 Å². The van der Waals surface area contributed by atoms with E-state index < -0.39 is 17.9 Å². The lowest BCUT2D eigenvalue weighted by molar-refractivity contribution is -0.142. The second-order valence-electron chi connectivity index (χ2n) is 4.17. The number of carboxylic acids is 2. The second kappa shape index (κ2) is 4.20. The highest BCUT2D eigenvalue weighted by Crippen LogP contribution is 2.25. The lowest BCUT2D eigenvalue weighted by Crippen LogP contribution is -2.27. The highest BCUT2D eigenvalue weighted by atomic mass is 16.4. The molecule has 0 saturated heterocycles. The minimum absolute atomic E-state index is 0.0747. The molecule has 2 heterocycles. The van der Waals surface area contributed by atoms with Gasteiger partial charge in [-0.3, -0.25) is 4.79 Å². The Kier molecular flexibility index (Phi) is 2.87. The van der Waals surface area contributed by atoms with Gasteiger partial charge in [-0.1, -0.05) is 6.92 Å². The third-order valence-corrected chi connectivity index (χ3v) is 3.15. The summed E-state index contributed by atoms with van der Waals surface area (Å²) in [6.45, 7) is 2.21. The van der Waals surface area contributed by atoms with Crippen LogP contribution >= 0.6 is 0 Å². The van der Waals surface area contributed by atoms with E-state index in [9.17, 15) is 9.59 Å². The van der Waals surface area contributed by atoms with E-state index in [0.29, 0.717) is 37.3 Å². The molecule has 2 N–H and O–H groups in total. The van der Waals surface area contributed by atoms with Gasteiger partial charge in [0, 0.05) is 13.0 Å². The zero-order valence-corrected chi connectivity index (χ0v) is 9.51. The van der Waals surface area contributed by atoms with Crippen LogP contribution in [0.1, 0.15) is 35.4 Å². The first-order valence-electron chi connectivity index (χ1n) is 5.59. The summed E-state index contributed by atoms with van der Waals surface area (Å²) in [6.07, 6.45) is 1.54. The highest BCUT2D eigenvalue weighted by Gasteiger charge is 2.30. The number of hydrogen-bond donors (Lipinski definition) is 2. The minimum atomic E-state index is -1.04. The molecule has 0 amide bonds. The van der Waals surface area contributed by atoms with E-state index in [4.69, 9.17) is 10.2 Å². The van der Waals surface area contributed by atoms with E-state index in [1.165, 1.54) is 0 Å².